The Hall–Kier alpha value is -2.53. The first-order chi connectivity index (χ1) is 12.0. The van der Waals surface area contributed by atoms with Gasteiger partial charge < -0.3 is 18.9 Å². The molecule has 2 aromatic carbocycles. The maximum absolute atomic E-state index is 12.4. The van der Waals surface area contributed by atoms with Gasteiger partial charge in [-0.1, -0.05) is 24.3 Å². The number of hydrogen-bond acceptors (Lipinski definition) is 5. The molecule has 1 heterocycles. The van der Waals surface area contributed by atoms with Gasteiger partial charge in [0, 0.05) is 0 Å². The number of methoxy groups -OCH3 is 2. The number of esters is 1. The number of epoxide rings is 1. The van der Waals surface area contributed by atoms with Crippen LogP contribution in [0.5, 0.6) is 11.5 Å². The Bertz CT molecular complexity index is 686. The topological polar surface area (TPSA) is 57.3 Å². The van der Waals surface area contributed by atoms with Gasteiger partial charge in [-0.25, -0.2) is 4.79 Å². The van der Waals surface area contributed by atoms with E-state index in [-0.39, 0.29) is 12.1 Å². The molecule has 0 N–H and O–H groups in total. The van der Waals surface area contributed by atoms with E-state index < -0.39 is 11.7 Å². The van der Waals surface area contributed by atoms with Crippen molar-refractivity contribution in [1.29, 1.82) is 0 Å². The molecule has 0 aliphatic carbocycles. The zero-order valence-corrected chi connectivity index (χ0v) is 14.8. The Labute approximate surface area is 147 Å². The molecule has 2 aromatic rings. The summed E-state index contributed by atoms with van der Waals surface area (Å²) >= 11 is 0. The molecule has 0 radical (unpaired) electrons. The van der Waals surface area contributed by atoms with E-state index >= 15 is 0 Å². The predicted molar refractivity (Wildman–Crippen MR) is 92.9 cm³/mol. The van der Waals surface area contributed by atoms with Crippen molar-refractivity contribution in [2.24, 2.45) is 0 Å². The molecular formula is C20H22O5. The number of carbonyl (C=O) groups is 1. The van der Waals surface area contributed by atoms with Crippen LogP contribution in [0.25, 0.3) is 0 Å². The minimum absolute atomic E-state index is 0.193. The first-order valence-corrected chi connectivity index (χ1v) is 8.18. The number of benzene rings is 2. The van der Waals surface area contributed by atoms with Crippen LogP contribution in [0.3, 0.4) is 0 Å². The summed E-state index contributed by atoms with van der Waals surface area (Å²) in [7, 11) is 3.23. The molecule has 0 spiro atoms. The van der Waals surface area contributed by atoms with E-state index in [0.29, 0.717) is 0 Å². The third-order valence-corrected chi connectivity index (χ3v) is 4.22. The molecule has 1 fully saturated rings. The molecule has 132 valence electrons. The van der Waals surface area contributed by atoms with Gasteiger partial charge in [0.1, 0.15) is 11.5 Å². The number of hydrogen-bond donors (Lipinski definition) is 0. The number of ether oxygens (including phenoxy) is 4. The lowest BCUT2D eigenvalue weighted by atomic mass is 9.87. The molecule has 1 aliphatic heterocycles. The first-order valence-electron chi connectivity index (χ1n) is 8.18. The van der Waals surface area contributed by atoms with Crippen LogP contribution in [-0.2, 0) is 19.9 Å². The summed E-state index contributed by atoms with van der Waals surface area (Å²) in [5.74, 6) is 1.13. The summed E-state index contributed by atoms with van der Waals surface area (Å²) in [6.07, 6.45) is -0.863. The lowest BCUT2D eigenvalue weighted by Gasteiger charge is -2.16. The van der Waals surface area contributed by atoms with E-state index in [1.165, 1.54) is 0 Å². The second-order valence-corrected chi connectivity index (χ2v) is 6.18. The zero-order valence-electron chi connectivity index (χ0n) is 14.8. The smallest absolute Gasteiger partial charge is 0.339 e. The number of rotatable bonds is 6. The van der Waals surface area contributed by atoms with Crippen molar-refractivity contribution in [2.45, 2.75) is 31.7 Å². The van der Waals surface area contributed by atoms with E-state index in [4.69, 9.17) is 18.9 Å². The van der Waals surface area contributed by atoms with Crippen LogP contribution in [0.4, 0.5) is 0 Å². The second-order valence-electron chi connectivity index (χ2n) is 6.18. The van der Waals surface area contributed by atoms with E-state index in [0.717, 1.165) is 22.6 Å². The van der Waals surface area contributed by atoms with Crippen molar-refractivity contribution in [2.75, 3.05) is 14.2 Å². The Morgan fingerprint density at radius 1 is 0.920 bits per heavy atom. The summed E-state index contributed by atoms with van der Waals surface area (Å²) in [4.78, 5) is 12.4. The van der Waals surface area contributed by atoms with E-state index in [1.54, 1.807) is 14.2 Å². The third kappa shape index (κ3) is 3.20. The molecule has 25 heavy (non-hydrogen) atoms. The van der Waals surface area contributed by atoms with Crippen molar-refractivity contribution in [3.63, 3.8) is 0 Å². The van der Waals surface area contributed by atoms with Gasteiger partial charge in [-0.3, -0.25) is 0 Å². The summed E-state index contributed by atoms with van der Waals surface area (Å²) in [5.41, 5.74) is 0.915. The monoisotopic (exact) mass is 342 g/mol. The Morgan fingerprint density at radius 3 is 1.72 bits per heavy atom. The average Bonchev–Trinajstić information content (AvgIpc) is 3.38. The second kappa shape index (κ2) is 6.76. The molecule has 0 amide bonds. The standard InChI is InChI=1S/C20H22O5/c1-13(2)24-19(21)18-20(25-18,14-5-9-16(22-3)10-6-14)15-7-11-17(23-4)12-8-15/h5-13,18H,1-4H3. The number of carbonyl (C=O) groups excluding carboxylic acids is 1. The van der Waals surface area contributed by atoms with Gasteiger partial charge >= 0.3 is 5.97 Å². The molecule has 1 atom stereocenters. The lowest BCUT2D eigenvalue weighted by Crippen LogP contribution is -2.24. The van der Waals surface area contributed by atoms with E-state index in [9.17, 15) is 4.79 Å². The highest BCUT2D eigenvalue weighted by Gasteiger charge is 2.64. The van der Waals surface area contributed by atoms with Crippen LogP contribution in [0.1, 0.15) is 25.0 Å². The van der Waals surface area contributed by atoms with E-state index in [2.05, 4.69) is 0 Å². The van der Waals surface area contributed by atoms with Crippen LogP contribution in [0.2, 0.25) is 0 Å². The molecule has 5 heteroatoms. The average molecular weight is 342 g/mol. The quantitative estimate of drug-likeness (QED) is 0.595. The highest BCUT2D eigenvalue weighted by atomic mass is 16.7. The fraction of sp³-hybridized carbons (Fsp3) is 0.350. The predicted octanol–water partition coefficient (Wildman–Crippen LogP) is 3.30. The minimum Gasteiger partial charge on any atom is -0.497 e. The zero-order chi connectivity index (χ0) is 18.0. The molecule has 0 aromatic heterocycles. The van der Waals surface area contributed by atoms with Gasteiger partial charge in [0.2, 0.25) is 0 Å². The van der Waals surface area contributed by atoms with Gasteiger partial charge in [-0.2, -0.15) is 0 Å². The maximum Gasteiger partial charge on any atom is 0.339 e. The molecular weight excluding hydrogens is 320 g/mol. The fourth-order valence-corrected chi connectivity index (χ4v) is 2.94. The normalized spacial score (nSPS) is 17.9. The van der Waals surface area contributed by atoms with Gasteiger partial charge in [0.25, 0.3) is 0 Å². The fourth-order valence-electron chi connectivity index (χ4n) is 2.94. The summed E-state index contributed by atoms with van der Waals surface area (Å²) < 4.78 is 21.7. The highest BCUT2D eigenvalue weighted by molar-refractivity contribution is 5.82. The molecule has 0 saturated carbocycles. The van der Waals surface area contributed by atoms with Crippen molar-refractivity contribution in [3.05, 3.63) is 59.7 Å². The molecule has 1 saturated heterocycles. The summed E-state index contributed by atoms with van der Waals surface area (Å²) in [5, 5.41) is 0. The van der Waals surface area contributed by atoms with Crippen LogP contribution >= 0.6 is 0 Å². The van der Waals surface area contributed by atoms with Crippen LogP contribution in [0.15, 0.2) is 48.5 Å². The van der Waals surface area contributed by atoms with Crippen LogP contribution in [-0.4, -0.2) is 32.4 Å². The van der Waals surface area contributed by atoms with Gasteiger partial charge in [0.05, 0.1) is 20.3 Å². The molecule has 0 bridgehead atoms. The van der Waals surface area contributed by atoms with Gasteiger partial charge in [-0.05, 0) is 49.2 Å². The third-order valence-electron chi connectivity index (χ3n) is 4.22. The molecule has 3 rings (SSSR count). The van der Waals surface area contributed by atoms with Gasteiger partial charge in [0.15, 0.2) is 11.7 Å². The van der Waals surface area contributed by atoms with Gasteiger partial charge in [-0.15, -0.1) is 0 Å². The largest absolute Gasteiger partial charge is 0.497 e. The highest BCUT2D eigenvalue weighted by Crippen LogP contribution is 2.52. The Kier molecular flexibility index (Phi) is 4.68. The lowest BCUT2D eigenvalue weighted by molar-refractivity contribution is -0.148. The summed E-state index contributed by atoms with van der Waals surface area (Å²) in [6.45, 7) is 3.64. The van der Waals surface area contributed by atoms with E-state index in [1.807, 2.05) is 62.4 Å². The van der Waals surface area contributed by atoms with Crippen molar-refractivity contribution >= 4 is 5.97 Å². The van der Waals surface area contributed by atoms with Crippen molar-refractivity contribution in [3.8, 4) is 11.5 Å². The molecule has 1 unspecified atom stereocenters. The minimum atomic E-state index is -0.843. The SMILES string of the molecule is COc1ccc(C2(c3ccc(OC)cc3)OC2C(=O)OC(C)C)cc1. The Morgan fingerprint density at radius 2 is 1.36 bits per heavy atom. The van der Waals surface area contributed by atoms with Crippen LogP contribution < -0.4 is 9.47 Å². The Balaban J connectivity index is 1.98. The maximum atomic E-state index is 12.4. The summed E-state index contributed by atoms with van der Waals surface area (Å²) in [6, 6.07) is 15.1. The van der Waals surface area contributed by atoms with Crippen molar-refractivity contribution in [1.82, 2.24) is 0 Å². The van der Waals surface area contributed by atoms with Crippen molar-refractivity contribution < 1.29 is 23.7 Å². The molecule has 5 nitrogen and oxygen atoms in total. The van der Waals surface area contributed by atoms with Crippen LogP contribution in [0, 0.1) is 0 Å². The molecule has 1 aliphatic rings. The first kappa shape index (κ1) is 17.3.